The second kappa shape index (κ2) is 10.2. The molecule has 0 atom stereocenters. The number of hydrogen-bond donors (Lipinski definition) is 2. The van der Waals surface area contributed by atoms with Crippen molar-refractivity contribution in [3.63, 3.8) is 0 Å². The average molecular weight is 318 g/mol. The van der Waals surface area contributed by atoms with Crippen LogP contribution in [0.1, 0.15) is 25.0 Å². The molecule has 128 valence electrons. The minimum atomic E-state index is 0.712. The van der Waals surface area contributed by atoms with Crippen molar-refractivity contribution in [2.45, 2.75) is 26.8 Å². The normalized spacial score (nSPS) is 15.3. The highest BCUT2D eigenvalue weighted by molar-refractivity contribution is 5.79. The lowest BCUT2D eigenvalue weighted by molar-refractivity contribution is 0.152. The van der Waals surface area contributed by atoms with Gasteiger partial charge in [0.1, 0.15) is 0 Å². The van der Waals surface area contributed by atoms with Crippen LogP contribution >= 0.6 is 0 Å². The van der Waals surface area contributed by atoms with Gasteiger partial charge in [0.25, 0.3) is 0 Å². The third-order valence-corrected chi connectivity index (χ3v) is 3.98. The topological polar surface area (TPSA) is 48.9 Å². The van der Waals surface area contributed by atoms with E-state index in [0.29, 0.717) is 6.61 Å². The van der Waals surface area contributed by atoms with Gasteiger partial charge in [0.15, 0.2) is 5.96 Å². The zero-order valence-corrected chi connectivity index (χ0v) is 14.5. The fourth-order valence-electron chi connectivity index (χ4n) is 2.78. The molecule has 23 heavy (non-hydrogen) atoms. The summed E-state index contributed by atoms with van der Waals surface area (Å²) in [5.74, 6) is 0.879. The highest BCUT2D eigenvalue weighted by atomic mass is 16.5. The number of nitrogens with zero attached hydrogens (tertiary/aromatic N) is 2. The maximum atomic E-state index is 5.34. The van der Waals surface area contributed by atoms with Crippen LogP contribution in [0.2, 0.25) is 0 Å². The van der Waals surface area contributed by atoms with Crippen molar-refractivity contribution in [3.8, 4) is 0 Å². The highest BCUT2D eigenvalue weighted by Crippen LogP contribution is 2.17. The quantitative estimate of drug-likeness (QED) is 0.435. The van der Waals surface area contributed by atoms with E-state index in [1.54, 1.807) is 0 Å². The smallest absolute Gasteiger partial charge is 0.191 e. The number of rotatable bonds is 8. The molecule has 5 heteroatoms. The van der Waals surface area contributed by atoms with E-state index in [-0.39, 0.29) is 0 Å². The molecular weight excluding hydrogens is 288 g/mol. The Labute approximate surface area is 140 Å². The van der Waals surface area contributed by atoms with Crippen molar-refractivity contribution in [3.05, 3.63) is 35.4 Å². The van der Waals surface area contributed by atoms with Crippen LogP contribution in [0, 0.1) is 0 Å². The molecule has 0 aromatic heterocycles. The summed E-state index contributed by atoms with van der Waals surface area (Å²) in [7, 11) is 0. The molecule has 0 spiro atoms. The Morgan fingerprint density at radius 1 is 1.22 bits per heavy atom. The fourth-order valence-corrected chi connectivity index (χ4v) is 2.78. The Hall–Kier alpha value is -1.59. The summed E-state index contributed by atoms with van der Waals surface area (Å²) in [6.07, 6.45) is 1.15. The number of benzene rings is 1. The van der Waals surface area contributed by atoms with E-state index in [2.05, 4.69) is 51.7 Å². The predicted molar refractivity (Wildman–Crippen MR) is 95.9 cm³/mol. The molecule has 1 aromatic carbocycles. The lowest BCUT2D eigenvalue weighted by Gasteiger charge is -2.28. The van der Waals surface area contributed by atoms with Crippen molar-refractivity contribution in [1.82, 2.24) is 15.5 Å². The number of nitrogens with one attached hydrogen (secondary N) is 2. The van der Waals surface area contributed by atoms with Crippen molar-refractivity contribution in [2.75, 3.05) is 45.9 Å². The molecule has 0 aliphatic carbocycles. The summed E-state index contributed by atoms with van der Waals surface area (Å²) >= 11 is 0. The molecule has 1 heterocycles. The Balaban J connectivity index is 1.75. The molecule has 1 aliphatic heterocycles. The lowest BCUT2D eigenvalue weighted by atomic mass is 10.0. The number of aliphatic imine (C=N–C) groups is 1. The molecule has 0 radical (unpaired) electrons. The van der Waals surface area contributed by atoms with Crippen molar-refractivity contribution in [2.24, 2.45) is 4.99 Å². The van der Waals surface area contributed by atoms with Crippen LogP contribution in [0.4, 0.5) is 0 Å². The first-order chi connectivity index (χ1) is 11.3. The van der Waals surface area contributed by atoms with E-state index in [4.69, 9.17) is 4.74 Å². The fraction of sp³-hybridized carbons (Fsp3) is 0.611. The van der Waals surface area contributed by atoms with Gasteiger partial charge in [0.05, 0.1) is 13.2 Å². The Morgan fingerprint density at radius 2 is 2.04 bits per heavy atom. The standard InChI is InChI=1S/C18H30N4O/c1-3-19-18(21-11-14-23-4-2)20-10-13-22-12-9-16-7-5-6-8-17(16)15-22/h5-8H,3-4,9-15H2,1-2H3,(H2,19,20,21). The SMILES string of the molecule is CCNC(=NCCN1CCc2ccccc2C1)NCCOCC. The number of guanidine groups is 1. The van der Waals surface area contributed by atoms with Gasteiger partial charge >= 0.3 is 0 Å². The monoisotopic (exact) mass is 318 g/mol. The molecule has 2 N–H and O–H groups in total. The first-order valence-electron chi connectivity index (χ1n) is 8.72. The molecule has 0 saturated heterocycles. The Kier molecular flexibility index (Phi) is 7.90. The molecule has 0 fully saturated rings. The van der Waals surface area contributed by atoms with Gasteiger partial charge in [0, 0.05) is 39.3 Å². The molecule has 5 nitrogen and oxygen atoms in total. The summed E-state index contributed by atoms with van der Waals surface area (Å²) in [6, 6.07) is 8.75. The van der Waals surface area contributed by atoms with Gasteiger partial charge in [-0.2, -0.15) is 0 Å². The average Bonchev–Trinajstić information content (AvgIpc) is 2.58. The summed E-state index contributed by atoms with van der Waals surface area (Å²) in [4.78, 5) is 7.14. The van der Waals surface area contributed by atoms with Crippen molar-refractivity contribution < 1.29 is 4.74 Å². The summed E-state index contributed by atoms with van der Waals surface area (Å²) in [5, 5.41) is 6.58. The van der Waals surface area contributed by atoms with Gasteiger partial charge < -0.3 is 15.4 Å². The largest absolute Gasteiger partial charge is 0.380 e. The molecule has 0 saturated carbocycles. The van der Waals surface area contributed by atoms with E-state index in [1.807, 2.05) is 6.92 Å². The van der Waals surface area contributed by atoms with E-state index in [9.17, 15) is 0 Å². The molecule has 1 aliphatic rings. The molecule has 0 bridgehead atoms. The van der Waals surface area contributed by atoms with E-state index in [1.165, 1.54) is 11.1 Å². The first kappa shape index (κ1) is 17.8. The zero-order chi connectivity index (χ0) is 16.3. The predicted octanol–water partition coefficient (Wildman–Crippen LogP) is 1.64. The van der Waals surface area contributed by atoms with Gasteiger partial charge in [-0.25, -0.2) is 0 Å². The van der Waals surface area contributed by atoms with E-state index in [0.717, 1.165) is 58.3 Å². The molecule has 0 amide bonds. The van der Waals surface area contributed by atoms with Crippen LogP contribution in [0.5, 0.6) is 0 Å². The summed E-state index contributed by atoms with van der Waals surface area (Å²) < 4.78 is 5.34. The van der Waals surface area contributed by atoms with Gasteiger partial charge in [-0.15, -0.1) is 0 Å². The molecule has 1 aromatic rings. The van der Waals surface area contributed by atoms with Crippen LogP contribution in [-0.2, 0) is 17.7 Å². The first-order valence-corrected chi connectivity index (χ1v) is 8.72. The van der Waals surface area contributed by atoms with Gasteiger partial charge in [-0.1, -0.05) is 24.3 Å². The van der Waals surface area contributed by atoms with E-state index >= 15 is 0 Å². The Morgan fingerprint density at radius 3 is 2.83 bits per heavy atom. The number of hydrogen-bond acceptors (Lipinski definition) is 3. The van der Waals surface area contributed by atoms with Crippen LogP contribution < -0.4 is 10.6 Å². The third-order valence-electron chi connectivity index (χ3n) is 3.98. The maximum absolute atomic E-state index is 5.34. The number of fused-ring (bicyclic) bond motifs is 1. The van der Waals surface area contributed by atoms with Crippen LogP contribution in [0.3, 0.4) is 0 Å². The number of ether oxygens (including phenoxy) is 1. The molecular formula is C18H30N4O. The lowest BCUT2D eigenvalue weighted by Crippen LogP contribution is -2.40. The van der Waals surface area contributed by atoms with Crippen LogP contribution in [0.25, 0.3) is 0 Å². The van der Waals surface area contributed by atoms with Gasteiger partial charge in [0.2, 0.25) is 0 Å². The van der Waals surface area contributed by atoms with Crippen molar-refractivity contribution in [1.29, 1.82) is 0 Å². The minimum Gasteiger partial charge on any atom is -0.380 e. The Bertz CT molecular complexity index is 490. The summed E-state index contributed by atoms with van der Waals surface area (Å²) in [5.41, 5.74) is 2.96. The van der Waals surface area contributed by atoms with Crippen molar-refractivity contribution >= 4 is 5.96 Å². The van der Waals surface area contributed by atoms with E-state index < -0.39 is 0 Å². The molecule has 2 rings (SSSR count). The second-order valence-corrected chi connectivity index (χ2v) is 5.68. The highest BCUT2D eigenvalue weighted by Gasteiger charge is 2.14. The maximum Gasteiger partial charge on any atom is 0.191 e. The van der Waals surface area contributed by atoms with Crippen LogP contribution in [-0.4, -0.2) is 56.8 Å². The second-order valence-electron chi connectivity index (χ2n) is 5.68. The zero-order valence-electron chi connectivity index (χ0n) is 14.5. The van der Waals surface area contributed by atoms with Crippen LogP contribution in [0.15, 0.2) is 29.3 Å². The van der Waals surface area contributed by atoms with Gasteiger partial charge in [-0.05, 0) is 31.4 Å². The molecule has 0 unspecified atom stereocenters. The van der Waals surface area contributed by atoms with Gasteiger partial charge in [-0.3, -0.25) is 9.89 Å². The third kappa shape index (κ3) is 6.20. The summed E-state index contributed by atoms with van der Waals surface area (Å²) in [6.45, 7) is 11.2. The minimum absolute atomic E-state index is 0.712.